The Hall–Kier alpha value is -2.58. The zero-order valence-electron chi connectivity index (χ0n) is 14.0. The second-order valence-electron chi connectivity index (χ2n) is 5.71. The van der Waals surface area contributed by atoms with E-state index in [1.165, 1.54) is 30.8 Å². The minimum Gasteiger partial charge on any atom is -0.449 e. The van der Waals surface area contributed by atoms with Gasteiger partial charge >= 0.3 is 5.97 Å². The summed E-state index contributed by atoms with van der Waals surface area (Å²) in [6, 6.07) is 8.30. The number of fused-ring (bicyclic) bond motifs is 1. The Balaban J connectivity index is 1.65. The fourth-order valence-electron chi connectivity index (χ4n) is 2.32. The topological polar surface area (TPSA) is 84.5 Å². The molecule has 0 saturated heterocycles. The standard InChI is InChI=1S/C18H14ClFN2O4S/c1-9(17(24)22-13-4-3-11(20)7-12(13)19)26-18(25)10-2-5-15-14(6-10)21-16(23)8-27-15/h2-7,9H,8H2,1H3,(H,21,23)(H,22,24). The van der Waals surface area contributed by atoms with Gasteiger partial charge in [-0.2, -0.15) is 0 Å². The lowest BCUT2D eigenvalue weighted by atomic mass is 10.2. The molecule has 1 aliphatic rings. The number of nitrogens with one attached hydrogen (secondary N) is 2. The normalized spacial score (nSPS) is 14.0. The van der Waals surface area contributed by atoms with Crippen LogP contribution < -0.4 is 10.6 Å². The molecule has 0 aliphatic carbocycles. The SMILES string of the molecule is CC(OC(=O)c1ccc2c(c1)NC(=O)CS2)C(=O)Nc1ccc(F)cc1Cl. The summed E-state index contributed by atoms with van der Waals surface area (Å²) in [4.78, 5) is 36.8. The lowest BCUT2D eigenvalue weighted by Gasteiger charge is -2.18. The van der Waals surface area contributed by atoms with Crippen LogP contribution >= 0.6 is 23.4 Å². The first-order valence-electron chi connectivity index (χ1n) is 7.87. The molecule has 0 fully saturated rings. The maximum atomic E-state index is 13.1. The first kappa shape index (κ1) is 19.2. The van der Waals surface area contributed by atoms with Crippen molar-refractivity contribution in [2.24, 2.45) is 0 Å². The average molecular weight is 409 g/mol. The summed E-state index contributed by atoms with van der Waals surface area (Å²) in [5.41, 5.74) is 0.941. The number of ether oxygens (including phenoxy) is 1. The van der Waals surface area contributed by atoms with Gasteiger partial charge in [-0.3, -0.25) is 9.59 Å². The van der Waals surface area contributed by atoms with Crippen molar-refractivity contribution in [1.82, 2.24) is 0 Å². The molecule has 3 rings (SSSR count). The van der Waals surface area contributed by atoms with Crippen LogP contribution in [-0.2, 0) is 14.3 Å². The number of carbonyl (C=O) groups is 3. The maximum Gasteiger partial charge on any atom is 0.338 e. The van der Waals surface area contributed by atoms with Gasteiger partial charge in [0.05, 0.1) is 27.7 Å². The van der Waals surface area contributed by atoms with Crippen LogP contribution in [-0.4, -0.2) is 29.6 Å². The van der Waals surface area contributed by atoms with E-state index >= 15 is 0 Å². The van der Waals surface area contributed by atoms with Gasteiger partial charge in [0.2, 0.25) is 5.91 Å². The van der Waals surface area contributed by atoms with Gasteiger partial charge in [0.15, 0.2) is 6.10 Å². The van der Waals surface area contributed by atoms with Crippen molar-refractivity contribution in [3.63, 3.8) is 0 Å². The third-order valence-electron chi connectivity index (χ3n) is 3.69. The van der Waals surface area contributed by atoms with E-state index in [0.29, 0.717) is 11.4 Å². The average Bonchev–Trinajstić information content (AvgIpc) is 2.63. The molecule has 0 aromatic heterocycles. The van der Waals surface area contributed by atoms with Crippen molar-refractivity contribution in [2.75, 3.05) is 16.4 Å². The molecule has 1 unspecified atom stereocenters. The number of halogens is 2. The Labute approximate surface area is 163 Å². The van der Waals surface area contributed by atoms with Gasteiger partial charge in [-0.15, -0.1) is 11.8 Å². The second-order valence-corrected chi connectivity index (χ2v) is 7.13. The van der Waals surface area contributed by atoms with E-state index in [2.05, 4.69) is 10.6 Å². The maximum absolute atomic E-state index is 13.1. The largest absolute Gasteiger partial charge is 0.449 e. The number of carbonyl (C=O) groups excluding carboxylic acids is 3. The fraction of sp³-hybridized carbons (Fsp3) is 0.167. The monoisotopic (exact) mass is 408 g/mol. The van der Waals surface area contributed by atoms with E-state index in [4.69, 9.17) is 16.3 Å². The summed E-state index contributed by atoms with van der Waals surface area (Å²) in [7, 11) is 0. The molecule has 1 aliphatic heterocycles. The number of rotatable bonds is 4. The number of amides is 2. The first-order valence-corrected chi connectivity index (χ1v) is 9.23. The van der Waals surface area contributed by atoms with Crippen LogP contribution in [0.1, 0.15) is 17.3 Å². The van der Waals surface area contributed by atoms with Gasteiger partial charge in [-0.05, 0) is 43.3 Å². The summed E-state index contributed by atoms with van der Waals surface area (Å²) < 4.78 is 18.2. The van der Waals surface area contributed by atoms with E-state index in [1.54, 1.807) is 12.1 Å². The highest BCUT2D eigenvalue weighted by Gasteiger charge is 2.22. The smallest absolute Gasteiger partial charge is 0.338 e. The van der Waals surface area contributed by atoms with E-state index in [1.807, 2.05) is 0 Å². The molecule has 2 amide bonds. The third kappa shape index (κ3) is 4.58. The summed E-state index contributed by atoms with van der Waals surface area (Å²) in [5, 5.41) is 5.19. The van der Waals surface area contributed by atoms with Gasteiger partial charge in [0.25, 0.3) is 5.91 Å². The minimum atomic E-state index is -1.11. The summed E-state index contributed by atoms with van der Waals surface area (Å²) in [5.74, 6) is -1.69. The summed E-state index contributed by atoms with van der Waals surface area (Å²) in [6.45, 7) is 1.40. The molecule has 2 N–H and O–H groups in total. The van der Waals surface area contributed by atoms with Gasteiger partial charge in [0.1, 0.15) is 5.82 Å². The van der Waals surface area contributed by atoms with Crippen LogP contribution in [0.2, 0.25) is 5.02 Å². The van der Waals surface area contributed by atoms with Gasteiger partial charge in [0, 0.05) is 4.90 Å². The van der Waals surface area contributed by atoms with Crippen molar-refractivity contribution < 1.29 is 23.5 Å². The third-order valence-corrected chi connectivity index (χ3v) is 5.08. The molecule has 9 heteroatoms. The van der Waals surface area contributed by atoms with Crippen molar-refractivity contribution in [1.29, 1.82) is 0 Å². The van der Waals surface area contributed by atoms with Crippen molar-refractivity contribution in [2.45, 2.75) is 17.9 Å². The quantitative estimate of drug-likeness (QED) is 0.753. The van der Waals surface area contributed by atoms with Crippen LogP contribution in [0.5, 0.6) is 0 Å². The lowest BCUT2D eigenvalue weighted by Crippen LogP contribution is -2.30. The molecule has 2 aromatic carbocycles. The van der Waals surface area contributed by atoms with E-state index in [9.17, 15) is 18.8 Å². The lowest BCUT2D eigenvalue weighted by molar-refractivity contribution is -0.123. The molecule has 0 spiro atoms. The van der Waals surface area contributed by atoms with Crippen LogP contribution in [0.15, 0.2) is 41.3 Å². The Morgan fingerprint density at radius 2 is 2.07 bits per heavy atom. The highest BCUT2D eigenvalue weighted by Crippen LogP contribution is 2.32. The predicted molar refractivity (Wildman–Crippen MR) is 101 cm³/mol. The van der Waals surface area contributed by atoms with Gasteiger partial charge in [-0.1, -0.05) is 11.6 Å². The first-order chi connectivity index (χ1) is 12.8. The molecule has 0 radical (unpaired) electrons. The van der Waals surface area contributed by atoms with Crippen LogP contribution in [0.4, 0.5) is 15.8 Å². The molecular formula is C18H14ClFN2O4S. The zero-order chi connectivity index (χ0) is 19.6. The Morgan fingerprint density at radius 1 is 1.30 bits per heavy atom. The van der Waals surface area contributed by atoms with Crippen molar-refractivity contribution in [3.8, 4) is 0 Å². The summed E-state index contributed by atoms with van der Waals surface area (Å²) in [6.07, 6.45) is -1.11. The molecule has 0 bridgehead atoms. The second kappa shape index (κ2) is 7.98. The molecule has 1 atom stereocenters. The van der Waals surface area contributed by atoms with E-state index in [0.717, 1.165) is 17.0 Å². The Morgan fingerprint density at radius 3 is 2.81 bits per heavy atom. The van der Waals surface area contributed by atoms with E-state index < -0.39 is 23.8 Å². The molecule has 140 valence electrons. The minimum absolute atomic E-state index is 0.0322. The zero-order valence-corrected chi connectivity index (χ0v) is 15.6. The number of thioether (sulfide) groups is 1. The molecule has 1 heterocycles. The van der Waals surface area contributed by atoms with Gasteiger partial charge < -0.3 is 15.4 Å². The molecule has 27 heavy (non-hydrogen) atoms. The molecular weight excluding hydrogens is 395 g/mol. The molecule has 0 saturated carbocycles. The highest BCUT2D eigenvalue weighted by atomic mass is 35.5. The van der Waals surface area contributed by atoms with Crippen molar-refractivity contribution >= 4 is 52.5 Å². The van der Waals surface area contributed by atoms with E-state index in [-0.39, 0.29) is 22.2 Å². The Bertz CT molecular complexity index is 938. The van der Waals surface area contributed by atoms with Crippen LogP contribution in [0.3, 0.4) is 0 Å². The predicted octanol–water partition coefficient (Wildman–Crippen LogP) is 3.71. The number of hydrogen-bond acceptors (Lipinski definition) is 5. The molecule has 2 aromatic rings. The van der Waals surface area contributed by atoms with Crippen LogP contribution in [0.25, 0.3) is 0 Å². The number of benzene rings is 2. The van der Waals surface area contributed by atoms with Gasteiger partial charge in [-0.25, -0.2) is 9.18 Å². The highest BCUT2D eigenvalue weighted by molar-refractivity contribution is 8.00. The number of hydrogen-bond donors (Lipinski definition) is 2. The van der Waals surface area contributed by atoms with Crippen molar-refractivity contribution in [3.05, 3.63) is 52.8 Å². The van der Waals surface area contributed by atoms with Crippen LogP contribution in [0, 0.1) is 5.82 Å². The fourth-order valence-corrected chi connectivity index (χ4v) is 3.32. The number of anilines is 2. The molecule has 6 nitrogen and oxygen atoms in total. The number of esters is 1. The Kier molecular flexibility index (Phi) is 5.67. The summed E-state index contributed by atoms with van der Waals surface area (Å²) >= 11 is 7.23.